The number of fused-ring (bicyclic) bond motifs is 6. The van der Waals surface area contributed by atoms with Gasteiger partial charge in [0.05, 0.1) is 6.54 Å². The van der Waals surface area contributed by atoms with Gasteiger partial charge in [0.2, 0.25) is 0 Å². The quantitative estimate of drug-likeness (QED) is 0.382. The first-order valence-corrected chi connectivity index (χ1v) is 12.5. The van der Waals surface area contributed by atoms with E-state index in [1.165, 1.54) is 56.8 Å². The molecule has 0 aromatic heterocycles. The maximum absolute atomic E-state index is 4.97. The van der Waals surface area contributed by atoms with Gasteiger partial charge in [-0.2, -0.15) is 0 Å². The number of benzene rings is 4. The van der Waals surface area contributed by atoms with Gasteiger partial charge in [-0.05, 0) is 50.9 Å². The number of nitrogens with zero attached hydrogens (tertiary/aromatic N) is 1. The lowest BCUT2D eigenvalue weighted by molar-refractivity contribution is 0.384. The van der Waals surface area contributed by atoms with Crippen molar-refractivity contribution in [3.05, 3.63) is 119 Å². The highest BCUT2D eigenvalue weighted by Crippen LogP contribution is 2.75. The molecule has 1 aliphatic heterocycles. The standard InChI is InChI=1S/C32H26N2/c1-5-13-24-20(9-1)21-10-2-6-14-25(21)29(24)32(19-28(32)31-33-17-18-34-31)30-26-15-7-3-11-22(26)23-12-4-8-16-27(23)30/h1-16,28-30H,17-19H2,(H,33,34)/t28-/m0/s1. The van der Waals surface area contributed by atoms with Crippen LogP contribution >= 0.6 is 0 Å². The third kappa shape index (κ3) is 2.28. The Kier molecular flexibility index (Phi) is 3.69. The summed E-state index contributed by atoms with van der Waals surface area (Å²) in [5.41, 5.74) is 11.7. The second-order valence-electron chi connectivity index (χ2n) is 10.3. The molecular weight excluding hydrogens is 412 g/mol. The molecule has 4 aromatic carbocycles. The Morgan fingerprint density at radius 3 is 1.38 bits per heavy atom. The minimum absolute atomic E-state index is 0.0710. The minimum Gasteiger partial charge on any atom is -0.372 e. The lowest BCUT2D eigenvalue weighted by atomic mass is 9.68. The Labute approximate surface area is 200 Å². The van der Waals surface area contributed by atoms with Crippen LogP contribution in [0, 0.1) is 11.3 Å². The van der Waals surface area contributed by atoms with Gasteiger partial charge in [-0.15, -0.1) is 0 Å². The molecule has 3 aliphatic carbocycles. The fraction of sp³-hybridized carbons (Fsp3) is 0.219. The summed E-state index contributed by atoms with van der Waals surface area (Å²) < 4.78 is 0. The van der Waals surface area contributed by atoms with E-state index in [2.05, 4.69) is 102 Å². The fourth-order valence-corrected chi connectivity index (χ4v) is 7.57. The van der Waals surface area contributed by atoms with Crippen molar-refractivity contribution in [2.24, 2.45) is 16.3 Å². The van der Waals surface area contributed by atoms with Crippen LogP contribution in [-0.4, -0.2) is 18.9 Å². The number of hydrogen-bond acceptors (Lipinski definition) is 2. The van der Waals surface area contributed by atoms with Crippen molar-refractivity contribution in [1.29, 1.82) is 0 Å². The van der Waals surface area contributed by atoms with Crippen molar-refractivity contribution in [2.75, 3.05) is 13.1 Å². The topological polar surface area (TPSA) is 24.4 Å². The van der Waals surface area contributed by atoms with Gasteiger partial charge in [0, 0.05) is 29.7 Å². The van der Waals surface area contributed by atoms with Crippen LogP contribution < -0.4 is 5.32 Å². The van der Waals surface area contributed by atoms with Gasteiger partial charge in [-0.3, -0.25) is 4.99 Å². The minimum atomic E-state index is 0.0710. The Balaban J connectivity index is 1.42. The van der Waals surface area contributed by atoms with Gasteiger partial charge >= 0.3 is 0 Å². The molecule has 1 fully saturated rings. The summed E-state index contributed by atoms with van der Waals surface area (Å²) in [6, 6.07) is 36.5. The largest absolute Gasteiger partial charge is 0.372 e. The molecule has 1 atom stereocenters. The first kappa shape index (κ1) is 18.7. The van der Waals surface area contributed by atoms with E-state index in [-0.39, 0.29) is 5.41 Å². The highest BCUT2D eigenvalue weighted by Gasteiger charge is 2.68. The summed E-state index contributed by atoms with van der Waals surface area (Å²) in [6.07, 6.45) is 1.17. The molecule has 0 saturated heterocycles. The first-order chi connectivity index (χ1) is 16.9. The Bertz CT molecular complexity index is 1310. The summed E-state index contributed by atoms with van der Waals surface area (Å²) in [4.78, 5) is 4.97. The second kappa shape index (κ2) is 6.70. The Hall–Kier alpha value is -3.65. The number of aliphatic imine (C=N–C) groups is 1. The zero-order valence-corrected chi connectivity index (χ0v) is 19.0. The molecule has 1 N–H and O–H groups in total. The van der Waals surface area contributed by atoms with Crippen LogP contribution in [0.15, 0.2) is 102 Å². The van der Waals surface area contributed by atoms with E-state index in [1.54, 1.807) is 0 Å². The highest BCUT2D eigenvalue weighted by atomic mass is 15.1. The lowest BCUT2D eigenvalue weighted by Crippen LogP contribution is -2.30. The van der Waals surface area contributed by atoms with Crippen molar-refractivity contribution in [1.82, 2.24) is 5.32 Å². The Morgan fingerprint density at radius 2 is 1.00 bits per heavy atom. The van der Waals surface area contributed by atoms with Crippen LogP contribution in [0.4, 0.5) is 0 Å². The molecule has 0 radical (unpaired) electrons. The summed E-state index contributed by atoms with van der Waals surface area (Å²) in [6.45, 7) is 1.87. The van der Waals surface area contributed by atoms with E-state index < -0.39 is 0 Å². The van der Waals surface area contributed by atoms with E-state index >= 15 is 0 Å². The summed E-state index contributed by atoms with van der Waals surface area (Å²) >= 11 is 0. The molecule has 0 bridgehead atoms. The molecule has 4 aromatic rings. The summed E-state index contributed by atoms with van der Waals surface area (Å²) in [5, 5.41) is 3.67. The second-order valence-corrected chi connectivity index (χ2v) is 10.3. The van der Waals surface area contributed by atoms with Crippen molar-refractivity contribution < 1.29 is 0 Å². The normalized spacial score (nSPS) is 21.3. The van der Waals surface area contributed by atoms with Gasteiger partial charge in [0.25, 0.3) is 0 Å². The molecule has 34 heavy (non-hydrogen) atoms. The fourth-order valence-electron chi connectivity index (χ4n) is 7.57. The SMILES string of the molecule is c1ccc2c(c1)-c1ccccc1C2C1(C2c3ccccc3-c3ccccc32)C[C@H]1C1=NCCN1. The molecule has 0 spiro atoms. The van der Waals surface area contributed by atoms with Crippen molar-refractivity contribution in [3.8, 4) is 22.3 Å². The summed E-state index contributed by atoms with van der Waals surface area (Å²) in [7, 11) is 0. The molecule has 2 heteroatoms. The van der Waals surface area contributed by atoms with Gasteiger partial charge in [-0.25, -0.2) is 0 Å². The number of hydrogen-bond donors (Lipinski definition) is 1. The van der Waals surface area contributed by atoms with Crippen LogP contribution in [-0.2, 0) is 0 Å². The average molecular weight is 439 g/mol. The number of nitrogens with one attached hydrogen (secondary N) is 1. The molecule has 2 nitrogen and oxygen atoms in total. The van der Waals surface area contributed by atoms with E-state index in [1.807, 2.05) is 0 Å². The molecule has 0 amide bonds. The lowest BCUT2D eigenvalue weighted by Gasteiger charge is -2.34. The molecular formula is C32H26N2. The molecule has 164 valence electrons. The van der Waals surface area contributed by atoms with Gasteiger partial charge in [0.1, 0.15) is 5.84 Å². The van der Waals surface area contributed by atoms with Crippen LogP contribution in [0.25, 0.3) is 22.3 Å². The predicted molar refractivity (Wildman–Crippen MR) is 138 cm³/mol. The predicted octanol–water partition coefficient (Wildman–Crippen LogP) is 6.62. The van der Waals surface area contributed by atoms with E-state index in [0.29, 0.717) is 17.8 Å². The maximum atomic E-state index is 4.97. The molecule has 1 heterocycles. The van der Waals surface area contributed by atoms with Crippen molar-refractivity contribution in [3.63, 3.8) is 0 Å². The van der Waals surface area contributed by atoms with Crippen LogP contribution in [0.1, 0.15) is 40.5 Å². The molecule has 8 rings (SSSR count). The monoisotopic (exact) mass is 438 g/mol. The van der Waals surface area contributed by atoms with Gasteiger partial charge in [-0.1, -0.05) is 97.1 Å². The zero-order valence-electron chi connectivity index (χ0n) is 19.0. The van der Waals surface area contributed by atoms with E-state index in [9.17, 15) is 0 Å². The van der Waals surface area contributed by atoms with Crippen molar-refractivity contribution >= 4 is 5.84 Å². The number of rotatable bonds is 3. The van der Waals surface area contributed by atoms with Gasteiger partial charge in [0.15, 0.2) is 0 Å². The molecule has 4 aliphatic rings. The zero-order chi connectivity index (χ0) is 22.3. The molecule has 1 saturated carbocycles. The third-order valence-corrected chi connectivity index (χ3v) is 8.82. The Morgan fingerprint density at radius 1 is 0.588 bits per heavy atom. The van der Waals surface area contributed by atoms with Crippen molar-refractivity contribution in [2.45, 2.75) is 18.3 Å². The van der Waals surface area contributed by atoms with Crippen LogP contribution in [0.5, 0.6) is 0 Å². The first-order valence-electron chi connectivity index (χ1n) is 12.5. The number of amidine groups is 1. The van der Waals surface area contributed by atoms with Crippen LogP contribution in [0.3, 0.4) is 0 Å². The average Bonchev–Trinajstić information content (AvgIpc) is 3.25. The maximum Gasteiger partial charge on any atom is 0.100 e. The smallest absolute Gasteiger partial charge is 0.100 e. The van der Waals surface area contributed by atoms with E-state index in [0.717, 1.165) is 13.1 Å². The third-order valence-electron chi connectivity index (χ3n) is 8.82. The molecule has 0 unspecified atom stereocenters. The van der Waals surface area contributed by atoms with Crippen LogP contribution in [0.2, 0.25) is 0 Å². The summed E-state index contributed by atoms with van der Waals surface area (Å²) in [5.74, 6) is 2.41. The van der Waals surface area contributed by atoms with E-state index in [4.69, 9.17) is 4.99 Å². The highest BCUT2D eigenvalue weighted by molar-refractivity contribution is 5.92. The van der Waals surface area contributed by atoms with Gasteiger partial charge < -0.3 is 5.32 Å².